The Labute approximate surface area is 94.0 Å². The summed E-state index contributed by atoms with van der Waals surface area (Å²) in [5.41, 5.74) is 0.564. The molecule has 1 aromatic heterocycles. The Kier molecular flexibility index (Phi) is 2.40. The Bertz CT molecular complexity index is 392. The molecule has 5 nitrogen and oxygen atoms in total. The Morgan fingerprint density at radius 1 is 1.38 bits per heavy atom. The summed E-state index contributed by atoms with van der Waals surface area (Å²) in [6.45, 7) is 2.62. The summed E-state index contributed by atoms with van der Waals surface area (Å²) >= 11 is 0. The van der Waals surface area contributed by atoms with Gasteiger partial charge in [-0.25, -0.2) is 4.98 Å². The molecule has 2 fully saturated rings. The number of hydrogen-bond acceptors (Lipinski definition) is 3. The second kappa shape index (κ2) is 3.90. The van der Waals surface area contributed by atoms with E-state index in [1.54, 1.807) is 6.33 Å². The van der Waals surface area contributed by atoms with Crippen LogP contribution in [0.15, 0.2) is 12.5 Å². The summed E-state index contributed by atoms with van der Waals surface area (Å²) in [6.07, 6.45) is 6.06. The first-order valence-corrected chi connectivity index (χ1v) is 5.75. The average molecular weight is 221 g/mol. The molecule has 0 spiro atoms. The lowest BCUT2D eigenvalue weighted by atomic mass is 10.3. The van der Waals surface area contributed by atoms with Gasteiger partial charge in [0.2, 0.25) is 0 Å². The molecule has 3 rings (SSSR count). The SMILES string of the molecule is O=C(c1cn(C2CC2)cn1)N1CCOCC1. The molecule has 1 aromatic rings. The number of carbonyl (C=O) groups is 1. The van der Waals surface area contributed by atoms with Gasteiger partial charge >= 0.3 is 0 Å². The zero-order valence-corrected chi connectivity index (χ0v) is 9.13. The number of rotatable bonds is 2. The van der Waals surface area contributed by atoms with Crippen LogP contribution in [0.4, 0.5) is 0 Å². The Morgan fingerprint density at radius 3 is 2.81 bits per heavy atom. The van der Waals surface area contributed by atoms with Crippen LogP contribution >= 0.6 is 0 Å². The first-order valence-electron chi connectivity index (χ1n) is 5.75. The third-order valence-electron chi connectivity index (χ3n) is 3.09. The van der Waals surface area contributed by atoms with Gasteiger partial charge in [0.15, 0.2) is 0 Å². The van der Waals surface area contributed by atoms with Crippen molar-refractivity contribution in [2.75, 3.05) is 26.3 Å². The molecular formula is C11H15N3O2. The van der Waals surface area contributed by atoms with Crippen LogP contribution in [0.2, 0.25) is 0 Å². The van der Waals surface area contributed by atoms with Gasteiger partial charge in [-0.2, -0.15) is 0 Å². The molecule has 0 unspecified atom stereocenters. The summed E-state index contributed by atoms with van der Waals surface area (Å²) < 4.78 is 7.27. The molecule has 0 bridgehead atoms. The highest BCUT2D eigenvalue weighted by Gasteiger charge is 2.26. The van der Waals surface area contributed by atoms with Crippen LogP contribution in [-0.4, -0.2) is 46.7 Å². The fourth-order valence-electron chi connectivity index (χ4n) is 1.95. The van der Waals surface area contributed by atoms with Crippen LogP contribution in [-0.2, 0) is 4.74 Å². The normalized spacial score (nSPS) is 21.1. The second-order valence-corrected chi connectivity index (χ2v) is 4.34. The standard InChI is InChI=1S/C11H15N3O2/c15-11(13-3-5-16-6-4-13)10-7-14(8-12-10)9-1-2-9/h7-9H,1-6H2. The number of hydrogen-bond donors (Lipinski definition) is 0. The molecule has 1 saturated carbocycles. The van der Waals surface area contributed by atoms with E-state index >= 15 is 0 Å². The van der Waals surface area contributed by atoms with Gasteiger partial charge in [-0.1, -0.05) is 0 Å². The lowest BCUT2D eigenvalue weighted by molar-refractivity contribution is 0.0299. The van der Waals surface area contributed by atoms with Gasteiger partial charge in [-0.05, 0) is 12.8 Å². The van der Waals surface area contributed by atoms with E-state index in [1.807, 2.05) is 15.7 Å². The van der Waals surface area contributed by atoms with Crippen molar-refractivity contribution in [2.45, 2.75) is 18.9 Å². The van der Waals surface area contributed by atoms with E-state index in [0.717, 1.165) is 0 Å². The van der Waals surface area contributed by atoms with E-state index in [-0.39, 0.29) is 5.91 Å². The van der Waals surface area contributed by atoms with Gasteiger partial charge in [-0.3, -0.25) is 4.79 Å². The lowest BCUT2D eigenvalue weighted by Crippen LogP contribution is -2.40. The van der Waals surface area contributed by atoms with Crippen LogP contribution < -0.4 is 0 Å². The molecule has 1 aliphatic carbocycles. The molecule has 0 radical (unpaired) electrons. The quantitative estimate of drug-likeness (QED) is 0.738. The minimum atomic E-state index is 0.0303. The molecule has 16 heavy (non-hydrogen) atoms. The van der Waals surface area contributed by atoms with Gasteiger partial charge in [0.05, 0.1) is 19.5 Å². The Balaban J connectivity index is 1.71. The predicted octanol–water partition coefficient (Wildman–Crippen LogP) is 0.690. The number of carbonyl (C=O) groups excluding carboxylic acids is 1. The van der Waals surface area contributed by atoms with Crippen LogP contribution in [0, 0.1) is 0 Å². The molecule has 1 saturated heterocycles. The van der Waals surface area contributed by atoms with Crippen LogP contribution in [0.3, 0.4) is 0 Å². The highest BCUT2D eigenvalue weighted by atomic mass is 16.5. The Morgan fingerprint density at radius 2 is 2.12 bits per heavy atom. The first kappa shape index (κ1) is 9.84. The Hall–Kier alpha value is -1.36. The minimum absolute atomic E-state index is 0.0303. The molecule has 5 heteroatoms. The third kappa shape index (κ3) is 1.82. The number of aromatic nitrogens is 2. The maximum Gasteiger partial charge on any atom is 0.274 e. The maximum atomic E-state index is 12.1. The molecule has 0 atom stereocenters. The molecule has 1 aliphatic heterocycles. The highest BCUT2D eigenvalue weighted by molar-refractivity contribution is 5.92. The van der Waals surface area contributed by atoms with Crippen molar-refractivity contribution >= 4 is 5.91 Å². The largest absolute Gasteiger partial charge is 0.378 e. The van der Waals surface area contributed by atoms with Crippen molar-refractivity contribution in [1.29, 1.82) is 0 Å². The number of nitrogens with zero attached hydrogens (tertiary/aromatic N) is 3. The van der Waals surface area contributed by atoms with Gasteiger partial charge in [0, 0.05) is 25.3 Å². The van der Waals surface area contributed by atoms with Crippen LogP contribution in [0.1, 0.15) is 29.4 Å². The van der Waals surface area contributed by atoms with Crippen molar-refractivity contribution in [1.82, 2.24) is 14.5 Å². The van der Waals surface area contributed by atoms with Gasteiger partial charge < -0.3 is 14.2 Å². The molecule has 2 aliphatic rings. The van der Waals surface area contributed by atoms with Crippen LogP contribution in [0.25, 0.3) is 0 Å². The minimum Gasteiger partial charge on any atom is -0.378 e. The summed E-state index contributed by atoms with van der Waals surface area (Å²) in [7, 11) is 0. The van der Waals surface area contributed by atoms with Crippen molar-refractivity contribution < 1.29 is 9.53 Å². The molecule has 2 heterocycles. The van der Waals surface area contributed by atoms with Crippen molar-refractivity contribution in [3.05, 3.63) is 18.2 Å². The summed E-state index contributed by atoms with van der Waals surface area (Å²) in [5, 5.41) is 0. The predicted molar refractivity (Wildman–Crippen MR) is 57.2 cm³/mol. The van der Waals surface area contributed by atoms with E-state index in [9.17, 15) is 4.79 Å². The topological polar surface area (TPSA) is 47.4 Å². The number of imidazole rings is 1. The summed E-state index contributed by atoms with van der Waals surface area (Å²) in [4.78, 5) is 18.0. The van der Waals surface area contributed by atoms with Crippen molar-refractivity contribution in [2.24, 2.45) is 0 Å². The molecule has 1 amide bonds. The van der Waals surface area contributed by atoms with E-state index < -0.39 is 0 Å². The van der Waals surface area contributed by atoms with Crippen molar-refractivity contribution in [3.8, 4) is 0 Å². The first-order chi connectivity index (χ1) is 7.84. The smallest absolute Gasteiger partial charge is 0.274 e. The highest BCUT2D eigenvalue weighted by Crippen LogP contribution is 2.34. The van der Waals surface area contributed by atoms with E-state index in [0.29, 0.717) is 38.0 Å². The van der Waals surface area contributed by atoms with Crippen molar-refractivity contribution in [3.63, 3.8) is 0 Å². The fraction of sp³-hybridized carbons (Fsp3) is 0.636. The molecule has 0 aromatic carbocycles. The molecule has 0 N–H and O–H groups in total. The van der Waals surface area contributed by atoms with E-state index in [4.69, 9.17) is 4.74 Å². The second-order valence-electron chi connectivity index (χ2n) is 4.34. The maximum absolute atomic E-state index is 12.1. The van der Waals surface area contributed by atoms with Crippen LogP contribution in [0.5, 0.6) is 0 Å². The molecule has 86 valence electrons. The van der Waals surface area contributed by atoms with E-state index in [2.05, 4.69) is 4.98 Å². The summed E-state index contributed by atoms with van der Waals surface area (Å²) in [6, 6.07) is 0.582. The molecular weight excluding hydrogens is 206 g/mol. The zero-order valence-electron chi connectivity index (χ0n) is 9.13. The zero-order chi connectivity index (χ0) is 11.0. The number of ether oxygens (including phenoxy) is 1. The lowest BCUT2D eigenvalue weighted by Gasteiger charge is -2.25. The monoisotopic (exact) mass is 221 g/mol. The van der Waals surface area contributed by atoms with Gasteiger partial charge in [0.25, 0.3) is 5.91 Å². The number of amides is 1. The van der Waals surface area contributed by atoms with Gasteiger partial charge in [0.1, 0.15) is 5.69 Å². The van der Waals surface area contributed by atoms with Gasteiger partial charge in [-0.15, -0.1) is 0 Å². The summed E-state index contributed by atoms with van der Waals surface area (Å²) in [5.74, 6) is 0.0303. The van der Waals surface area contributed by atoms with E-state index in [1.165, 1.54) is 12.8 Å². The number of morpholine rings is 1. The third-order valence-corrected chi connectivity index (χ3v) is 3.09. The fourth-order valence-corrected chi connectivity index (χ4v) is 1.95. The average Bonchev–Trinajstić information content (AvgIpc) is 3.08.